The molecule has 0 aliphatic carbocycles. The fourth-order valence-corrected chi connectivity index (χ4v) is 1.85. The van der Waals surface area contributed by atoms with Crippen LogP contribution in [-0.4, -0.2) is 50.0 Å². The van der Waals surface area contributed by atoms with Gasteiger partial charge in [-0.3, -0.25) is 0 Å². The summed E-state index contributed by atoms with van der Waals surface area (Å²) >= 11 is 0. The molecule has 2 N–H and O–H groups in total. The molecule has 0 fully saturated rings. The highest BCUT2D eigenvalue weighted by Crippen LogP contribution is 2.11. The van der Waals surface area contributed by atoms with Gasteiger partial charge in [0.05, 0.1) is 13.2 Å². The molecule has 0 spiro atoms. The van der Waals surface area contributed by atoms with Gasteiger partial charge in [-0.25, -0.2) is 4.98 Å². The summed E-state index contributed by atoms with van der Waals surface area (Å²) in [6.07, 6.45) is 2.93. The van der Waals surface area contributed by atoms with Crippen LogP contribution >= 0.6 is 0 Å². The van der Waals surface area contributed by atoms with E-state index in [9.17, 15) is 0 Å². The van der Waals surface area contributed by atoms with Gasteiger partial charge < -0.3 is 20.1 Å². The van der Waals surface area contributed by atoms with E-state index in [0.29, 0.717) is 13.2 Å². The zero-order chi connectivity index (χ0) is 13.9. The van der Waals surface area contributed by atoms with E-state index in [1.165, 1.54) is 0 Å². The maximum atomic E-state index is 9.05. The largest absolute Gasteiger partial charge is 0.395 e. The third-order valence-corrected chi connectivity index (χ3v) is 2.81. The van der Waals surface area contributed by atoms with Crippen molar-refractivity contribution in [3.05, 3.63) is 23.9 Å². The third kappa shape index (κ3) is 6.00. The van der Waals surface area contributed by atoms with Crippen LogP contribution in [0.3, 0.4) is 0 Å². The lowest BCUT2D eigenvalue weighted by Crippen LogP contribution is -2.28. The van der Waals surface area contributed by atoms with Crippen LogP contribution in [0.5, 0.6) is 0 Å². The Morgan fingerprint density at radius 1 is 1.37 bits per heavy atom. The molecule has 0 amide bonds. The first-order valence-corrected chi connectivity index (χ1v) is 6.82. The van der Waals surface area contributed by atoms with Gasteiger partial charge in [-0.2, -0.15) is 0 Å². The molecule has 0 aromatic carbocycles. The monoisotopic (exact) mass is 267 g/mol. The minimum Gasteiger partial charge on any atom is -0.395 e. The Bertz CT molecular complexity index is 324. The lowest BCUT2D eigenvalue weighted by molar-refractivity contribution is 0.199. The van der Waals surface area contributed by atoms with Gasteiger partial charge in [-0.1, -0.05) is 13.0 Å². The van der Waals surface area contributed by atoms with Gasteiger partial charge in [-0.05, 0) is 18.1 Å². The zero-order valence-electron chi connectivity index (χ0n) is 11.9. The lowest BCUT2D eigenvalue weighted by Gasteiger charge is -2.22. The number of aromatic nitrogens is 1. The number of rotatable bonds is 10. The van der Waals surface area contributed by atoms with Crippen LogP contribution in [0.2, 0.25) is 0 Å². The molecule has 0 aliphatic heterocycles. The fourth-order valence-electron chi connectivity index (χ4n) is 1.85. The Balaban J connectivity index is 2.49. The molecule has 1 heterocycles. The van der Waals surface area contributed by atoms with Crippen LogP contribution < -0.4 is 10.2 Å². The molecular weight excluding hydrogens is 242 g/mol. The van der Waals surface area contributed by atoms with E-state index >= 15 is 0 Å². The van der Waals surface area contributed by atoms with Gasteiger partial charge in [0.25, 0.3) is 0 Å². The highest BCUT2D eigenvalue weighted by atomic mass is 16.5. The third-order valence-electron chi connectivity index (χ3n) is 2.81. The number of hydrogen-bond donors (Lipinski definition) is 2. The molecule has 0 saturated heterocycles. The Hall–Kier alpha value is -1.17. The highest BCUT2D eigenvalue weighted by Gasteiger charge is 2.05. The molecule has 5 heteroatoms. The van der Waals surface area contributed by atoms with Gasteiger partial charge in [0.2, 0.25) is 0 Å². The number of aliphatic hydroxyl groups is 1. The van der Waals surface area contributed by atoms with Crippen molar-refractivity contribution in [1.82, 2.24) is 10.3 Å². The van der Waals surface area contributed by atoms with E-state index < -0.39 is 0 Å². The Morgan fingerprint density at radius 3 is 2.79 bits per heavy atom. The molecule has 1 aromatic heterocycles. The summed E-state index contributed by atoms with van der Waals surface area (Å²) in [6, 6.07) is 4.08. The van der Waals surface area contributed by atoms with Gasteiger partial charge in [-0.15, -0.1) is 0 Å². The predicted octanol–water partition coefficient (Wildman–Crippen LogP) is 1.03. The quantitative estimate of drug-likeness (QED) is 0.620. The van der Waals surface area contributed by atoms with Crippen molar-refractivity contribution < 1.29 is 9.84 Å². The zero-order valence-corrected chi connectivity index (χ0v) is 11.9. The SMILES string of the molecule is CCCN(CCO)c1ccc(CNCCOC)cn1. The Labute approximate surface area is 115 Å². The second-order valence-electron chi connectivity index (χ2n) is 4.40. The van der Waals surface area contributed by atoms with Crippen LogP contribution in [-0.2, 0) is 11.3 Å². The molecule has 0 unspecified atom stereocenters. The van der Waals surface area contributed by atoms with Crippen molar-refractivity contribution in [3.8, 4) is 0 Å². The summed E-state index contributed by atoms with van der Waals surface area (Å²) < 4.78 is 4.98. The van der Waals surface area contributed by atoms with E-state index in [1.807, 2.05) is 12.3 Å². The maximum Gasteiger partial charge on any atom is 0.128 e. The number of pyridine rings is 1. The lowest BCUT2D eigenvalue weighted by atomic mass is 10.2. The average molecular weight is 267 g/mol. The molecular formula is C14H25N3O2. The molecule has 0 radical (unpaired) electrons. The van der Waals surface area contributed by atoms with Crippen LogP contribution in [0, 0.1) is 0 Å². The molecule has 0 saturated carbocycles. The summed E-state index contributed by atoms with van der Waals surface area (Å²) in [5, 5.41) is 12.3. The molecule has 0 bridgehead atoms. The second-order valence-corrected chi connectivity index (χ2v) is 4.40. The smallest absolute Gasteiger partial charge is 0.128 e. The van der Waals surface area contributed by atoms with Crippen molar-refractivity contribution in [3.63, 3.8) is 0 Å². The number of anilines is 1. The summed E-state index contributed by atoms with van der Waals surface area (Å²) in [6.45, 7) is 6.17. The van der Waals surface area contributed by atoms with Crippen molar-refractivity contribution in [2.45, 2.75) is 19.9 Å². The number of aliphatic hydroxyl groups excluding tert-OH is 1. The first-order valence-electron chi connectivity index (χ1n) is 6.82. The second kappa shape index (κ2) is 9.72. The first kappa shape index (κ1) is 15.9. The van der Waals surface area contributed by atoms with Crippen LogP contribution in [0.25, 0.3) is 0 Å². The number of hydrogen-bond acceptors (Lipinski definition) is 5. The molecule has 0 aliphatic rings. The molecule has 1 rings (SSSR count). The average Bonchev–Trinajstić information content (AvgIpc) is 2.44. The van der Waals surface area contributed by atoms with Gasteiger partial charge >= 0.3 is 0 Å². The number of nitrogens with one attached hydrogen (secondary N) is 1. The fraction of sp³-hybridized carbons (Fsp3) is 0.643. The summed E-state index contributed by atoms with van der Waals surface area (Å²) in [5.41, 5.74) is 1.15. The van der Waals surface area contributed by atoms with E-state index in [1.54, 1.807) is 7.11 Å². The van der Waals surface area contributed by atoms with E-state index in [4.69, 9.17) is 9.84 Å². The maximum absolute atomic E-state index is 9.05. The first-order chi connectivity index (χ1) is 9.31. The number of ether oxygens (including phenoxy) is 1. The standard InChI is InChI=1S/C14H25N3O2/c1-3-7-17(8-9-18)14-5-4-13(12-16-14)11-15-6-10-19-2/h4-5,12,15,18H,3,6-11H2,1-2H3. The van der Waals surface area contributed by atoms with Crippen molar-refractivity contribution in [1.29, 1.82) is 0 Å². The molecule has 108 valence electrons. The Morgan fingerprint density at radius 2 is 2.21 bits per heavy atom. The number of nitrogens with zero attached hydrogens (tertiary/aromatic N) is 2. The van der Waals surface area contributed by atoms with Crippen molar-refractivity contribution in [2.75, 3.05) is 44.9 Å². The summed E-state index contributed by atoms with van der Waals surface area (Å²) in [4.78, 5) is 6.56. The van der Waals surface area contributed by atoms with Crippen molar-refractivity contribution >= 4 is 5.82 Å². The normalized spacial score (nSPS) is 10.7. The van der Waals surface area contributed by atoms with Crippen LogP contribution in [0.15, 0.2) is 18.3 Å². The molecule has 19 heavy (non-hydrogen) atoms. The molecule has 1 aromatic rings. The summed E-state index contributed by atoms with van der Waals surface area (Å²) in [5.74, 6) is 0.927. The number of methoxy groups -OCH3 is 1. The minimum atomic E-state index is 0.155. The van der Waals surface area contributed by atoms with Gasteiger partial charge in [0.1, 0.15) is 5.82 Å². The van der Waals surface area contributed by atoms with E-state index in [0.717, 1.165) is 37.4 Å². The Kier molecular flexibility index (Phi) is 8.13. The van der Waals surface area contributed by atoms with E-state index in [-0.39, 0.29) is 6.61 Å². The minimum absolute atomic E-state index is 0.155. The van der Waals surface area contributed by atoms with Crippen LogP contribution in [0.1, 0.15) is 18.9 Å². The van der Waals surface area contributed by atoms with E-state index in [2.05, 4.69) is 28.2 Å². The van der Waals surface area contributed by atoms with Gasteiger partial charge in [0, 0.05) is 39.5 Å². The van der Waals surface area contributed by atoms with Crippen molar-refractivity contribution in [2.24, 2.45) is 0 Å². The molecule has 0 atom stereocenters. The van der Waals surface area contributed by atoms with Crippen LogP contribution in [0.4, 0.5) is 5.82 Å². The summed E-state index contributed by atoms with van der Waals surface area (Å²) in [7, 11) is 1.70. The molecule has 5 nitrogen and oxygen atoms in total. The predicted molar refractivity (Wildman–Crippen MR) is 77.4 cm³/mol. The van der Waals surface area contributed by atoms with Gasteiger partial charge in [0.15, 0.2) is 0 Å². The highest BCUT2D eigenvalue weighted by molar-refractivity contribution is 5.39. The topological polar surface area (TPSA) is 57.6 Å².